The van der Waals surface area contributed by atoms with Crippen molar-refractivity contribution in [2.75, 3.05) is 0 Å². The van der Waals surface area contributed by atoms with Crippen molar-refractivity contribution in [1.82, 2.24) is 4.98 Å². The molecular formula is C16H5Cl4NO2. The Morgan fingerprint density at radius 2 is 1.61 bits per heavy atom. The van der Waals surface area contributed by atoms with E-state index in [1.807, 2.05) is 0 Å². The standard InChI is InChI=1S/C16H5Cl4NO2/c17-8-5-9(18)15-13(10(8)19)21-12-6-3-1-2-4-7(6)14(22)11(20)16(12)23-15/h1-5H. The lowest BCUT2D eigenvalue weighted by molar-refractivity contribution is 0.614. The minimum absolute atomic E-state index is 0.0461. The minimum Gasteiger partial charge on any atom is -0.449 e. The van der Waals surface area contributed by atoms with Crippen LogP contribution in [0.25, 0.3) is 33.3 Å². The fourth-order valence-electron chi connectivity index (χ4n) is 2.52. The summed E-state index contributed by atoms with van der Waals surface area (Å²) in [5, 5.41) is 1.76. The summed E-state index contributed by atoms with van der Waals surface area (Å²) in [5.74, 6) is 0.170. The number of benzene rings is 3. The van der Waals surface area contributed by atoms with Crippen LogP contribution in [-0.2, 0) is 0 Å². The first-order valence-corrected chi connectivity index (χ1v) is 7.98. The van der Waals surface area contributed by atoms with E-state index in [4.69, 9.17) is 50.8 Å². The van der Waals surface area contributed by atoms with E-state index in [0.29, 0.717) is 22.0 Å². The molecule has 0 spiro atoms. The molecule has 0 amide bonds. The highest BCUT2D eigenvalue weighted by atomic mass is 35.5. The van der Waals surface area contributed by atoms with Crippen LogP contribution in [-0.4, -0.2) is 4.98 Å². The van der Waals surface area contributed by atoms with Gasteiger partial charge in [-0.1, -0.05) is 70.7 Å². The number of aromatic nitrogens is 1. The third-order valence-corrected chi connectivity index (χ3v) is 4.97. The van der Waals surface area contributed by atoms with Gasteiger partial charge in [-0.15, -0.1) is 0 Å². The monoisotopic (exact) mass is 383 g/mol. The third-order valence-electron chi connectivity index (χ3n) is 3.57. The summed E-state index contributed by atoms with van der Waals surface area (Å²) in [6.07, 6.45) is 0. The Morgan fingerprint density at radius 1 is 0.913 bits per heavy atom. The van der Waals surface area contributed by atoms with Gasteiger partial charge in [-0.3, -0.25) is 4.79 Å². The zero-order valence-corrected chi connectivity index (χ0v) is 14.2. The fourth-order valence-corrected chi connectivity index (χ4v) is 3.42. The molecule has 0 bridgehead atoms. The largest absolute Gasteiger partial charge is 0.449 e. The molecule has 0 saturated heterocycles. The molecule has 2 aliphatic rings. The molecule has 0 atom stereocenters. The Kier molecular flexibility index (Phi) is 3.43. The summed E-state index contributed by atoms with van der Waals surface area (Å²) >= 11 is 24.6. The van der Waals surface area contributed by atoms with Gasteiger partial charge in [0.1, 0.15) is 16.2 Å². The van der Waals surface area contributed by atoms with Crippen LogP contribution in [0.5, 0.6) is 0 Å². The van der Waals surface area contributed by atoms with Crippen molar-refractivity contribution in [3.63, 3.8) is 0 Å². The topological polar surface area (TPSA) is 43.1 Å². The summed E-state index contributed by atoms with van der Waals surface area (Å²) in [6.45, 7) is 0. The van der Waals surface area contributed by atoms with E-state index in [1.54, 1.807) is 24.3 Å². The molecule has 1 aliphatic heterocycles. The van der Waals surface area contributed by atoms with Crippen LogP contribution < -0.4 is 5.43 Å². The molecule has 0 N–H and O–H groups in total. The van der Waals surface area contributed by atoms with Gasteiger partial charge in [0.15, 0.2) is 11.3 Å². The van der Waals surface area contributed by atoms with Gasteiger partial charge in [0.05, 0.1) is 15.1 Å². The lowest BCUT2D eigenvalue weighted by Crippen LogP contribution is -2.07. The first-order chi connectivity index (χ1) is 11.0. The molecule has 2 aromatic rings. The summed E-state index contributed by atoms with van der Waals surface area (Å²) in [6, 6.07) is 8.46. The van der Waals surface area contributed by atoms with Crippen LogP contribution in [0, 0.1) is 0 Å². The minimum atomic E-state index is -0.323. The molecule has 4 rings (SSSR count). The SMILES string of the molecule is O=c1c(Cl)c2oc3c(Cl)cc(Cl)c(Cl)c3nc-2c2ccccc12. The van der Waals surface area contributed by atoms with Crippen LogP contribution >= 0.6 is 46.4 Å². The highest BCUT2D eigenvalue weighted by molar-refractivity contribution is 6.47. The quantitative estimate of drug-likeness (QED) is 0.210. The Bertz CT molecular complexity index is 1140. The predicted molar refractivity (Wildman–Crippen MR) is 94.4 cm³/mol. The molecule has 1 aliphatic carbocycles. The molecule has 3 nitrogen and oxygen atoms in total. The van der Waals surface area contributed by atoms with Gasteiger partial charge in [-0.2, -0.15) is 0 Å². The normalized spacial score (nSPS) is 11.7. The maximum absolute atomic E-state index is 12.4. The smallest absolute Gasteiger partial charge is 0.208 e. The van der Waals surface area contributed by atoms with Gasteiger partial charge in [-0.05, 0) is 6.07 Å². The van der Waals surface area contributed by atoms with Crippen LogP contribution in [0.4, 0.5) is 0 Å². The van der Waals surface area contributed by atoms with Gasteiger partial charge < -0.3 is 4.42 Å². The molecular weight excluding hydrogens is 380 g/mol. The number of hydrogen-bond donors (Lipinski definition) is 0. The van der Waals surface area contributed by atoms with Gasteiger partial charge in [0, 0.05) is 10.8 Å². The summed E-state index contributed by atoms with van der Waals surface area (Å²) in [5.41, 5.74) is 0.649. The molecule has 114 valence electrons. The maximum atomic E-state index is 12.4. The van der Waals surface area contributed by atoms with E-state index in [0.717, 1.165) is 0 Å². The molecule has 2 aromatic carbocycles. The third kappa shape index (κ3) is 2.12. The second-order valence-electron chi connectivity index (χ2n) is 4.91. The summed E-state index contributed by atoms with van der Waals surface area (Å²) in [7, 11) is 0. The fraction of sp³-hybridized carbons (Fsp3) is 0. The first kappa shape index (κ1) is 15.0. The Hall–Kier alpha value is -1.52. The van der Waals surface area contributed by atoms with Crippen LogP contribution in [0.2, 0.25) is 20.1 Å². The van der Waals surface area contributed by atoms with Gasteiger partial charge >= 0.3 is 0 Å². The molecule has 0 radical (unpaired) electrons. The highest BCUT2D eigenvalue weighted by Crippen LogP contribution is 2.41. The molecule has 0 saturated carbocycles. The molecule has 0 fully saturated rings. The molecule has 0 aromatic heterocycles. The number of fused-ring (bicyclic) bond motifs is 4. The van der Waals surface area contributed by atoms with Crippen molar-refractivity contribution in [3.05, 3.63) is 60.6 Å². The van der Waals surface area contributed by atoms with Crippen molar-refractivity contribution in [2.45, 2.75) is 0 Å². The van der Waals surface area contributed by atoms with Gasteiger partial charge in [0.25, 0.3) is 0 Å². The van der Waals surface area contributed by atoms with E-state index >= 15 is 0 Å². The maximum Gasteiger partial charge on any atom is 0.208 e. The van der Waals surface area contributed by atoms with E-state index in [9.17, 15) is 4.79 Å². The Balaban J connectivity index is 2.34. The lowest BCUT2D eigenvalue weighted by atomic mass is 10.0. The molecule has 23 heavy (non-hydrogen) atoms. The van der Waals surface area contributed by atoms with Crippen molar-refractivity contribution in [3.8, 4) is 11.5 Å². The number of halogens is 4. The predicted octanol–water partition coefficient (Wildman–Crippen LogP) is 6.06. The van der Waals surface area contributed by atoms with Crippen LogP contribution in [0.1, 0.15) is 0 Å². The van der Waals surface area contributed by atoms with Crippen LogP contribution in [0.15, 0.2) is 39.5 Å². The zero-order valence-electron chi connectivity index (χ0n) is 11.2. The summed E-state index contributed by atoms with van der Waals surface area (Å²) < 4.78 is 5.76. The molecule has 7 heteroatoms. The van der Waals surface area contributed by atoms with Crippen molar-refractivity contribution in [1.29, 1.82) is 0 Å². The highest BCUT2D eigenvalue weighted by Gasteiger charge is 2.23. The Morgan fingerprint density at radius 3 is 2.35 bits per heavy atom. The van der Waals surface area contributed by atoms with E-state index in [2.05, 4.69) is 4.98 Å². The second-order valence-corrected chi connectivity index (χ2v) is 6.48. The zero-order chi connectivity index (χ0) is 16.3. The number of nitrogens with zero attached hydrogens (tertiary/aromatic N) is 1. The average molecular weight is 385 g/mol. The number of rotatable bonds is 0. The van der Waals surface area contributed by atoms with E-state index in [1.165, 1.54) is 6.07 Å². The van der Waals surface area contributed by atoms with Crippen molar-refractivity contribution in [2.24, 2.45) is 0 Å². The summed E-state index contributed by atoms with van der Waals surface area (Å²) in [4.78, 5) is 16.9. The van der Waals surface area contributed by atoms with Crippen molar-refractivity contribution >= 4 is 68.3 Å². The Labute approximate surface area is 149 Å². The van der Waals surface area contributed by atoms with E-state index < -0.39 is 0 Å². The van der Waals surface area contributed by atoms with Gasteiger partial charge in [-0.25, -0.2) is 4.98 Å². The molecule has 0 unspecified atom stereocenters. The number of hydrogen-bond acceptors (Lipinski definition) is 3. The molecule has 1 heterocycles. The average Bonchev–Trinajstić information content (AvgIpc) is 2.56. The van der Waals surface area contributed by atoms with E-state index in [-0.39, 0.29) is 36.9 Å². The first-order valence-electron chi connectivity index (χ1n) is 6.47. The lowest BCUT2D eigenvalue weighted by Gasteiger charge is -2.12. The second kappa shape index (κ2) is 5.25. The van der Waals surface area contributed by atoms with Gasteiger partial charge in [0.2, 0.25) is 5.43 Å². The van der Waals surface area contributed by atoms with Crippen LogP contribution in [0.3, 0.4) is 0 Å². The van der Waals surface area contributed by atoms with Crippen molar-refractivity contribution < 1.29 is 4.42 Å².